The molecule has 2 N–H and O–H groups in total. The Balaban J connectivity index is 1.20. The van der Waals surface area contributed by atoms with Crippen LogP contribution >= 0.6 is 0 Å². The van der Waals surface area contributed by atoms with Crippen molar-refractivity contribution in [3.05, 3.63) is 71.9 Å². The molecule has 4 nitrogen and oxygen atoms in total. The Bertz CT molecular complexity index is 887. The molecule has 0 bridgehead atoms. The number of aromatic nitrogens is 1. The lowest BCUT2D eigenvalue weighted by Crippen LogP contribution is -2.36. The molecule has 1 aliphatic heterocycles. The van der Waals surface area contributed by atoms with Crippen molar-refractivity contribution in [1.82, 2.24) is 15.2 Å². The number of fused-ring (bicyclic) bond motifs is 1. The maximum Gasteiger partial charge on any atom is 0.220 e. The molecular formula is C23H27N3O. The van der Waals surface area contributed by atoms with E-state index in [0.717, 1.165) is 38.9 Å². The molecule has 2 aromatic carbocycles. The first kappa shape index (κ1) is 17.8. The number of carbonyl (C=O) groups excluding carboxylic acids is 1. The molecule has 1 amide bonds. The molecule has 0 aliphatic carbocycles. The average molecular weight is 361 g/mol. The summed E-state index contributed by atoms with van der Waals surface area (Å²) in [5, 5.41) is 4.49. The summed E-state index contributed by atoms with van der Waals surface area (Å²) in [6.45, 7) is 2.96. The number of amides is 1. The van der Waals surface area contributed by atoms with Crippen LogP contribution in [-0.4, -0.2) is 34.9 Å². The molecule has 2 heterocycles. The molecule has 1 aliphatic rings. The van der Waals surface area contributed by atoms with Crippen molar-refractivity contribution in [3.63, 3.8) is 0 Å². The third-order valence-electron chi connectivity index (χ3n) is 5.41. The summed E-state index contributed by atoms with van der Waals surface area (Å²) in [6, 6.07) is 19.2. The number of benzene rings is 2. The number of likely N-dealkylation sites (tertiary alicyclic amines) is 1. The predicted molar refractivity (Wildman–Crippen MR) is 110 cm³/mol. The number of rotatable bonds is 7. The zero-order chi connectivity index (χ0) is 18.5. The zero-order valence-corrected chi connectivity index (χ0v) is 15.7. The number of hydrogen-bond acceptors (Lipinski definition) is 2. The molecule has 0 radical (unpaired) electrons. The predicted octanol–water partition coefficient (Wildman–Crippen LogP) is 3.88. The van der Waals surface area contributed by atoms with E-state index in [4.69, 9.17) is 0 Å². The fourth-order valence-electron chi connectivity index (χ4n) is 4.01. The van der Waals surface area contributed by atoms with Crippen LogP contribution in [0.5, 0.6) is 0 Å². The summed E-state index contributed by atoms with van der Waals surface area (Å²) in [5.41, 5.74) is 3.80. The number of para-hydroxylation sites is 1. The summed E-state index contributed by atoms with van der Waals surface area (Å²) in [6.07, 6.45) is 5.52. The van der Waals surface area contributed by atoms with Gasteiger partial charge in [-0.1, -0.05) is 48.5 Å². The molecule has 1 saturated heterocycles. The number of aromatic amines is 1. The van der Waals surface area contributed by atoms with Gasteiger partial charge in [-0.05, 0) is 36.5 Å². The first-order valence-electron chi connectivity index (χ1n) is 9.88. The largest absolute Gasteiger partial charge is 0.361 e. The van der Waals surface area contributed by atoms with Crippen LogP contribution in [-0.2, 0) is 17.8 Å². The number of aryl methyl sites for hydroxylation is 1. The van der Waals surface area contributed by atoms with E-state index in [9.17, 15) is 4.79 Å². The van der Waals surface area contributed by atoms with Crippen LogP contribution in [0.2, 0.25) is 0 Å². The SMILES string of the molecule is O=C(CCCc1c[nH]c2ccccc12)N[C@H]1CCN(Cc2ccccc2)C1. The highest BCUT2D eigenvalue weighted by molar-refractivity contribution is 5.83. The number of H-pyrrole nitrogens is 1. The van der Waals surface area contributed by atoms with Crippen molar-refractivity contribution in [1.29, 1.82) is 0 Å². The van der Waals surface area contributed by atoms with Gasteiger partial charge in [0.05, 0.1) is 0 Å². The van der Waals surface area contributed by atoms with Crippen LogP contribution in [0.15, 0.2) is 60.8 Å². The Morgan fingerprint density at radius 3 is 2.81 bits per heavy atom. The fraction of sp³-hybridized carbons (Fsp3) is 0.348. The zero-order valence-electron chi connectivity index (χ0n) is 15.7. The van der Waals surface area contributed by atoms with Gasteiger partial charge in [0.1, 0.15) is 0 Å². The van der Waals surface area contributed by atoms with Crippen molar-refractivity contribution in [2.24, 2.45) is 0 Å². The molecule has 27 heavy (non-hydrogen) atoms. The van der Waals surface area contributed by atoms with Crippen molar-refractivity contribution >= 4 is 16.8 Å². The van der Waals surface area contributed by atoms with E-state index in [1.807, 2.05) is 12.1 Å². The molecule has 1 aromatic heterocycles. The van der Waals surface area contributed by atoms with Gasteiger partial charge in [0.15, 0.2) is 0 Å². The van der Waals surface area contributed by atoms with Gasteiger partial charge in [-0.2, -0.15) is 0 Å². The highest BCUT2D eigenvalue weighted by Crippen LogP contribution is 2.19. The molecule has 0 unspecified atom stereocenters. The first-order valence-corrected chi connectivity index (χ1v) is 9.88. The Morgan fingerprint density at radius 2 is 1.93 bits per heavy atom. The maximum absolute atomic E-state index is 12.3. The van der Waals surface area contributed by atoms with Crippen molar-refractivity contribution in [3.8, 4) is 0 Å². The van der Waals surface area contributed by atoms with Crippen LogP contribution in [0.3, 0.4) is 0 Å². The normalized spacial score (nSPS) is 17.4. The number of nitrogens with one attached hydrogen (secondary N) is 2. The van der Waals surface area contributed by atoms with Gasteiger partial charge in [-0.15, -0.1) is 0 Å². The summed E-state index contributed by atoms with van der Waals surface area (Å²) >= 11 is 0. The quantitative estimate of drug-likeness (QED) is 0.671. The third-order valence-corrected chi connectivity index (χ3v) is 5.41. The van der Waals surface area contributed by atoms with Crippen LogP contribution < -0.4 is 5.32 Å². The monoisotopic (exact) mass is 361 g/mol. The fourth-order valence-corrected chi connectivity index (χ4v) is 4.01. The van der Waals surface area contributed by atoms with Gasteiger partial charge in [0.2, 0.25) is 5.91 Å². The lowest BCUT2D eigenvalue weighted by molar-refractivity contribution is -0.121. The second-order valence-electron chi connectivity index (χ2n) is 7.49. The molecule has 4 rings (SSSR count). The molecule has 0 saturated carbocycles. The standard InChI is InChI=1S/C23H27N3O/c27-23(12-6-9-19-15-24-22-11-5-4-10-21(19)22)25-20-13-14-26(17-20)16-18-7-2-1-3-8-18/h1-5,7-8,10-11,15,20,24H,6,9,12-14,16-17H2,(H,25,27)/t20-/m0/s1. The Kier molecular flexibility index (Phi) is 5.54. The molecular weight excluding hydrogens is 334 g/mol. The topological polar surface area (TPSA) is 48.1 Å². The van der Waals surface area contributed by atoms with Gasteiger partial charge in [0, 0.05) is 49.2 Å². The van der Waals surface area contributed by atoms with E-state index >= 15 is 0 Å². The van der Waals surface area contributed by atoms with Crippen molar-refractivity contribution in [2.45, 2.75) is 38.3 Å². The van der Waals surface area contributed by atoms with Crippen LogP contribution in [0.25, 0.3) is 10.9 Å². The maximum atomic E-state index is 12.3. The smallest absolute Gasteiger partial charge is 0.220 e. The lowest BCUT2D eigenvalue weighted by Gasteiger charge is -2.16. The lowest BCUT2D eigenvalue weighted by atomic mass is 10.1. The summed E-state index contributed by atoms with van der Waals surface area (Å²) in [4.78, 5) is 18.0. The highest BCUT2D eigenvalue weighted by atomic mass is 16.1. The van der Waals surface area contributed by atoms with E-state index in [1.54, 1.807) is 0 Å². The van der Waals surface area contributed by atoms with Gasteiger partial charge < -0.3 is 10.3 Å². The summed E-state index contributed by atoms with van der Waals surface area (Å²) < 4.78 is 0. The van der Waals surface area contributed by atoms with Crippen LogP contribution in [0, 0.1) is 0 Å². The van der Waals surface area contributed by atoms with Crippen LogP contribution in [0.4, 0.5) is 0 Å². The third kappa shape index (κ3) is 4.58. The first-order chi connectivity index (χ1) is 13.3. The number of hydrogen-bond donors (Lipinski definition) is 2. The summed E-state index contributed by atoms with van der Waals surface area (Å²) in [7, 11) is 0. The molecule has 1 fully saturated rings. The number of carbonyl (C=O) groups is 1. The van der Waals surface area contributed by atoms with Gasteiger partial charge in [-0.25, -0.2) is 0 Å². The van der Waals surface area contributed by atoms with Crippen molar-refractivity contribution in [2.75, 3.05) is 13.1 Å². The molecule has 1 atom stereocenters. The molecule has 4 heteroatoms. The second-order valence-corrected chi connectivity index (χ2v) is 7.49. The van der Waals surface area contributed by atoms with Gasteiger partial charge in [-0.3, -0.25) is 9.69 Å². The minimum Gasteiger partial charge on any atom is -0.361 e. The highest BCUT2D eigenvalue weighted by Gasteiger charge is 2.23. The second kappa shape index (κ2) is 8.40. The molecule has 140 valence electrons. The minimum absolute atomic E-state index is 0.182. The van der Waals surface area contributed by atoms with E-state index < -0.39 is 0 Å². The average Bonchev–Trinajstić information content (AvgIpc) is 3.30. The van der Waals surface area contributed by atoms with E-state index in [2.05, 4.69) is 63.9 Å². The van der Waals surface area contributed by atoms with E-state index in [0.29, 0.717) is 6.42 Å². The van der Waals surface area contributed by atoms with E-state index in [1.165, 1.54) is 22.0 Å². The Labute approximate surface area is 160 Å². The van der Waals surface area contributed by atoms with Crippen molar-refractivity contribution < 1.29 is 4.79 Å². The minimum atomic E-state index is 0.182. The Morgan fingerprint density at radius 1 is 1.11 bits per heavy atom. The summed E-state index contributed by atoms with van der Waals surface area (Å²) in [5.74, 6) is 0.182. The van der Waals surface area contributed by atoms with Gasteiger partial charge in [0.25, 0.3) is 0 Å². The van der Waals surface area contributed by atoms with Gasteiger partial charge >= 0.3 is 0 Å². The Hall–Kier alpha value is -2.59. The van der Waals surface area contributed by atoms with E-state index in [-0.39, 0.29) is 11.9 Å². The molecule has 0 spiro atoms. The molecule has 3 aromatic rings. The number of nitrogens with zero attached hydrogens (tertiary/aromatic N) is 1. The van der Waals surface area contributed by atoms with Crippen LogP contribution in [0.1, 0.15) is 30.4 Å².